The zero-order valence-electron chi connectivity index (χ0n) is 15.2. The van der Waals surface area contributed by atoms with Crippen molar-refractivity contribution in [2.45, 2.75) is 38.1 Å². The molecule has 2 saturated heterocycles. The Labute approximate surface area is 155 Å². The molecule has 4 heteroatoms. The topological polar surface area (TPSA) is 45.2 Å². The van der Waals surface area contributed by atoms with E-state index in [2.05, 4.69) is 22.4 Å². The number of nitrogens with one attached hydrogen (secondary N) is 1. The molecule has 2 fully saturated rings. The van der Waals surface area contributed by atoms with Crippen molar-refractivity contribution in [3.8, 4) is 0 Å². The second-order valence-electron chi connectivity index (χ2n) is 7.51. The molecule has 2 aliphatic rings. The summed E-state index contributed by atoms with van der Waals surface area (Å²) in [6.45, 7) is 3.05. The number of hydrogen-bond acceptors (Lipinski definition) is 3. The second-order valence-corrected chi connectivity index (χ2v) is 7.51. The van der Waals surface area contributed by atoms with Crippen LogP contribution in [0.5, 0.6) is 0 Å². The molecular formula is C22H27N3O. The van der Waals surface area contributed by atoms with E-state index in [9.17, 15) is 4.79 Å². The molecule has 0 saturated carbocycles. The van der Waals surface area contributed by atoms with Crippen molar-refractivity contribution in [3.63, 3.8) is 0 Å². The van der Waals surface area contributed by atoms with Crippen LogP contribution in [-0.4, -0.2) is 35.4 Å². The number of aromatic nitrogens is 1. The van der Waals surface area contributed by atoms with E-state index in [1.807, 2.05) is 41.4 Å². The van der Waals surface area contributed by atoms with Crippen molar-refractivity contribution in [2.24, 2.45) is 5.92 Å². The third kappa shape index (κ3) is 3.80. The molecule has 1 amide bonds. The van der Waals surface area contributed by atoms with Crippen molar-refractivity contribution < 1.29 is 4.79 Å². The summed E-state index contributed by atoms with van der Waals surface area (Å²) in [6.07, 6.45) is 7.39. The fourth-order valence-electron chi connectivity index (χ4n) is 4.31. The SMILES string of the molecule is O=C(c1cccc(CC2CCNCC2)c1)N1CCCC1c1ccccn1. The first kappa shape index (κ1) is 17.2. The van der Waals surface area contributed by atoms with E-state index in [1.54, 1.807) is 0 Å². The minimum atomic E-state index is 0.108. The molecule has 2 aromatic rings. The van der Waals surface area contributed by atoms with Crippen LogP contribution in [0.2, 0.25) is 0 Å². The molecule has 1 aromatic carbocycles. The molecule has 1 unspecified atom stereocenters. The van der Waals surface area contributed by atoms with Gasteiger partial charge >= 0.3 is 0 Å². The molecule has 1 atom stereocenters. The summed E-state index contributed by atoms with van der Waals surface area (Å²) < 4.78 is 0. The minimum absolute atomic E-state index is 0.108. The summed E-state index contributed by atoms with van der Waals surface area (Å²) in [5.41, 5.74) is 3.11. The van der Waals surface area contributed by atoms with E-state index in [4.69, 9.17) is 0 Å². The molecule has 0 spiro atoms. The molecule has 136 valence electrons. The number of pyridine rings is 1. The van der Waals surface area contributed by atoms with Crippen LogP contribution in [0.15, 0.2) is 48.7 Å². The molecule has 2 aliphatic heterocycles. The van der Waals surface area contributed by atoms with Gasteiger partial charge in [-0.05, 0) is 80.9 Å². The van der Waals surface area contributed by atoms with Gasteiger partial charge in [0.15, 0.2) is 0 Å². The number of benzene rings is 1. The lowest BCUT2D eigenvalue weighted by Crippen LogP contribution is -2.31. The highest BCUT2D eigenvalue weighted by atomic mass is 16.2. The van der Waals surface area contributed by atoms with Crippen molar-refractivity contribution in [1.82, 2.24) is 15.2 Å². The van der Waals surface area contributed by atoms with Crippen LogP contribution in [0.25, 0.3) is 0 Å². The Bertz CT molecular complexity index is 740. The molecule has 1 aromatic heterocycles. The summed E-state index contributed by atoms with van der Waals surface area (Å²) in [5, 5.41) is 3.42. The molecule has 3 heterocycles. The van der Waals surface area contributed by atoms with Gasteiger partial charge in [0, 0.05) is 18.3 Å². The quantitative estimate of drug-likeness (QED) is 0.917. The van der Waals surface area contributed by atoms with E-state index in [-0.39, 0.29) is 11.9 Å². The standard InChI is InChI=1S/C22H27N3O/c26-22(25-14-4-8-21(25)20-7-1-2-11-24-20)19-6-3-5-18(16-19)15-17-9-12-23-13-10-17/h1-3,5-7,11,16-17,21,23H,4,8-10,12-15H2. The maximum Gasteiger partial charge on any atom is 0.254 e. The van der Waals surface area contributed by atoms with Crippen molar-refractivity contribution in [2.75, 3.05) is 19.6 Å². The average Bonchev–Trinajstić information content (AvgIpc) is 3.19. The van der Waals surface area contributed by atoms with Gasteiger partial charge in [-0.15, -0.1) is 0 Å². The number of nitrogens with zero attached hydrogens (tertiary/aromatic N) is 2. The van der Waals surface area contributed by atoms with E-state index < -0.39 is 0 Å². The highest BCUT2D eigenvalue weighted by molar-refractivity contribution is 5.94. The number of likely N-dealkylation sites (tertiary alicyclic amines) is 1. The highest BCUT2D eigenvalue weighted by Crippen LogP contribution is 2.32. The third-order valence-corrected chi connectivity index (χ3v) is 5.70. The molecule has 0 bridgehead atoms. The number of carbonyl (C=O) groups is 1. The van der Waals surface area contributed by atoms with Gasteiger partial charge in [0.25, 0.3) is 5.91 Å². The smallest absolute Gasteiger partial charge is 0.254 e. The first-order valence-corrected chi connectivity index (χ1v) is 9.83. The Morgan fingerprint density at radius 2 is 2.00 bits per heavy atom. The number of amides is 1. The highest BCUT2D eigenvalue weighted by Gasteiger charge is 2.31. The van der Waals surface area contributed by atoms with Gasteiger partial charge in [-0.25, -0.2) is 0 Å². The van der Waals surface area contributed by atoms with Crippen LogP contribution < -0.4 is 5.32 Å². The largest absolute Gasteiger partial charge is 0.330 e. The van der Waals surface area contributed by atoms with Crippen LogP contribution in [0.3, 0.4) is 0 Å². The lowest BCUT2D eigenvalue weighted by atomic mass is 9.90. The molecule has 0 aliphatic carbocycles. The molecule has 0 radical (unpaired) electrons. The second kappa shape index (κ2) is 8.00. The van der Waals surface area contributed by atoms with Gasteiger partial charge in [-0.1, -0.05) is 18.2 Å². The summed E-state index contributed by atoms with van der Waals surface area (Å²) in [7, 11) is 0. The van der Waals surface area contributed by atoms with Crippen molar-refractivity contribution in [1.29, 1.82) is 0 Å². The number of piperidine rings is 1. The maximum atomic E-state index is 13.2. The Kier molecular flexibility index (Phi) is 5.30. The first-order valence-electron chi connectivity index (χ1n) is 9.83. The Morgan fingerprint density at radius 3 is 2.81 bits per heavy atom. The molecule has 1 N–H and O–H groups in total. The lowest BCUT2D eigenvalue weighted by Gasteiger charge is -2.25. The normalized spacial score (nSPS) is 21.1. The predicted octanol–water partition coefficient (Wildman–Crippen LogP) is 3.60. The fourth-order valence-corrected chi connectivity index (χ4v) is 4.31. The number of hydrogen-bond donors (Lipinski definition) is 1. The molecule has 4 nitrogen and oxygen atoms in total. The summed E-state index contributed by atoms with van der Waals surface area (Å²) in [5.74, 6) is 0.875. The zero-order chi connectivity index (χ0) is 17.8. The maximum absolute atomic E-state index is 13.2. The van der Waals surface area contributed by atoms with Crippen molar-refractivity contribution in [3.05, 3.63) is 65.5 Å². The van der Waals surface area contributed by atoms with E-state index >= 15 is 0 Å². The van der Waals surface area contributed by atoms with Crippen LogP contribution in [0.1, 0.15) is 53.3 Å². The minimum Gasteiger partial charge on any atom is -0.330 e. The van der Waals surface area contributed by atoms with Gasteiger partial charge in [0.1, 0.15) is 0 Å². The van der Waals surface area contributed by atoms with Gasteiger partial charge in [-0.3, -0.25) is 9.78 Å². The first-order chi connectivity index (χ1) is 12.8. The average molecular weight is 349 g/mol. The molecular weight excluding hydrogens is 322 g/mol. The summed E-state index contributed by atoms with van der Waals surface area (Å²) in [6, 6.07) is 14.3. The van der Waals surface area contributed by atoms with Gasteiger partial charge in [0.2, 0.25) is 0 Å². The predicted molar refractivity (Wildman–Crippen MR) is 103 cm³/mol. The van der Waals surface area contributed by atoms with Crippen LogP contribution in [0.4, 0.5) is 0 Å². The fraction of sp³-hybridized carbons (Fsp3) is 0.455. The van der Waals surface area contributed by atoms with Gasteiger partial charge < -0.3 is 10.2 Å². The van der Waals surface area contributed by atoms with Crippen LogP contribution in [-0.2, 0) is 6.42 Å². The Morgan fingerprint density at radius 1 is 1.12 bits per heavy atom. The van der Waals surface area contributed by atoms with Crippen LogP contribution >= 0.6 is 0 Å². The summed E-state index contributed by atoms with van der Waals surface area (Å²) in [4.78, 5) is 19.7. The van der Waals surface area contributed by atoms with E-state index in [0.717, 1.165) is 56.1 Å². The zero-order valence-corrected chi connectivity index (χ0v) is 15.2. The van der Waals surface area contributed by atoms with E-state index in [0.29, 0.717) is 0 Å². The van der Waals surface area contributed by atoms with Crippen LogP contribution in [0, 0.1) is 5.92 Å². The Hall–Kier alpha value is -2.20. The number of rotatable bonds is 4. The van der Waals surface area contributed by atoms with E-state index in [1.165, 1.54) is 18.4 Å². The summed E-state index contributed by atoms with van der Waals surface area (Å²) >= 11 is 0. The van der Waals surface area contributed by atoms with Crippen molar-refractivity contribution >= 4 is 5.91 Å². The van der Waals surface area contributed by atoms with Gasteiger partial charge in [0.05, 0.1) is 11.7 Å². The number of carbonyl (C=O) groups excluding carboxylic acids is 1. The van der Waals surface area contributed by atoms with Gasteiger partial charge in [-0.2, -0.15) is 0 Å². The lowest BCUT2D eigenvalue weighted by molar-refractivity contribution is 0.0733. The Balaban J connectivity index is 1.49. The molecule has 4 rings (SSSR count). The third-order valence-electron chi connectivity index (χ3n) is 5.70. The monoisotopic (exact) mass is 349 g/mol. The molecule has 26 heavy (non-hydrogen) atoms.